The summed E-state index contributed by atoms with van der Waals surface area (Å²) in [5.74, 6) is 2.30. The fourth-order valence-electron chi connectivity index (χ4n) is 11.3. The van der Waals surface area contributed by atoms with E-state index in [4.69, 9.17) is 19.4 Å². The Bertz CT molecular complexity index is 2800. The zero-order valence-corrected chi connectivity index (χ0v) is 41.3. The highest BCUT2D eigenvalue weighted by Gasteiger charge is 2.39. The summed E-state index contributed by atoms with van der Waals surface area (Å²) in [4.78, 5) is 65.9. The summed E-state index contributed by atoms with van der Waals surface area (Å²) in [5.41, 5.74) is 2.18. The predicted molar refractivity (Wildman–Crippen MR) is 260 cm³/mol. The minimum atomic E-state index is -4.77. The molecule has 380 valence electrons. The second-order valence-corrected chi connectivity index (χ2v) is 22.0. The van der Waals surface area contributed by atoms with Gasteiger partial charge >= 0.3 is 12.2 Å². The van der Waals surface area contributed by atoms with Crippen LogP contribution in [0.4, 0.5) is 29.5 Å². The van der Waals surface area contributed by atoms with E-state index >= 15 is 0 Å². The van der Waals surface area contributed by atoms with Gasteiger partial charge in [0.2, 0.25) is 11.8 Å². The van der Waals surface area contributed by atoms with Gasteiger partial charge in [-0.25, -0.2) is 23.2 Å². The van der Waals surface area contributed by atoms with Crippen LogP contribution in [0.5, 0.6) is 5.75 Å². The molecule has 0 spiro atoms. The van der Waals surface area contributed by atoms with Crippen molar-refractivity contribution in [3.63, 3.8) is 0 Å². The highest BCUT2D eigenvalue weighted by molar-refractivity contribution is 7.91. The normalized spacial score (nSPS) is 21.5. The van der Waals surface area contributed by atoms with Gasteiger partial charge in [-0.2, -0.15) is 13.2 Å². The molecule has 1 saturated carbocycles. The number of alkyl halides is 3. The summed E-state index contributed by atoms with van der Waals surface area (Å²) in [6.45, 7) is 7.13. The molecule has 0 radical (unpaired) electrons. The number of aryl methyl sites for hydroxylation is 1. The molecule has 4 aromatic rings. The maximum Gasteiger partial charge on any atom is 0.418 e. The number of hydrogen-bond acceptors (Lipinski definition) is 11. The molecular weight excluding hydrogens is 940 g/mol. The summed E-state index contributed by atoms with van der Waals surface area (Å²) in [5, 5.41) is 6.50. The third kappa shape index (κ3) is 10.9. The van der Waals surface area contributed by atoms with Gasteiger partial charge in [-0.1, -0.05) is 12.1 Å². The van der Waals surface area contributed by atoms with E-state index in [0.29, 0.717) is 68.0 Å². The van der Waals surface area contributed by atoms with Gasteiger partial charge in [-0.15, -0.1) is 0 Å². The number of likely N-dealkylation sites (tertiary alicyclic amines) is 2. The summed E-state index contributed by atoms with van der Waals surface area (Å²) in [7, 11) is -1.60. The van der Waals surface area contributed by atoms with Gasteiger partial charge < -0.3 is 24.6 Å². The van der Waals surface area contributed by atoms with E-state index < -0.39 is 45.1 Å². The number of carbonyl (C=O) groups is 4. The Morgan fingerprint density at radius 3 is 2.31 bits per heavy atom. The van der Waals surface area contributed by atoms with E-state index in [2.05, 4.69) is 11.4 Å². The number of halogens is 3. The quantitative estimate of drug-likeness (QED) is 0.123. The Kier molecular flexibility index (Phi) is 14.6. The first-order valence-electron chi connectivity index (χ1n) is 24.9. The Morgan fingerprint density at radius 2 is 1.61 bits per heavy atom. The molecule has 19 heteroatoms. The number of hydrogen-bond donors (Lipinski definition) is 2. The van der Waals surface area contributed by atoms with Crippen molar-refractivity contribution in [1.82, 2.24) is 25.1 Å². The number of benzene rings is 3. The number of nitrogens with zero attached hydrogens (tertiary/aromatic N) is 5. The summed E-state index contributed by atoms with van der Waals surface area (Å²) < 4.78 is 79.1. The molecule has 3 aromatic carbocycles. The Balaban J connectivity index is 0.716. The van der Waals surface area contributed by atoms with Crippen LogP contribution in [-0.2, 0) is 36.8 Å². The number of nitrogens with one attached hydrogen (secondary N) is 2. The Labute approximate surface area is 412 Å². The lowest BCUT2D eigenvalue weighted by Crippen LogP contribution is -2.50. The van der Waals surface area contributed by atoms with Crippen molar-refractivity contribution < 1.29 is 50.2 Å². The van der Waals surface area contributed by atoms with Crippen molar-refractivity contribution in [3.05, 3.63) is 82.2 Å². The van der Waals surface area contributed by atoms with E-state index in [1.165, 1.54) is 0 Å². The third-order valence-corrected chi connectivity index (χ3v) is 17.2. The van der Waals surface area contributed by atoms with Crippen LogP contribution in [-0.4, -0.2) is 111 Å². The molecule has 4 fully saturated rings. The van der Waals surface area contributed by atoms with Crippen LogP contribution in [0.25, 0.3) is 10.9 Å². The van der Waals surface area contributed by atoms with E-state index in [0.717, 1.165) is 114 Å². The first-order valence-corrected chi connectivity index (χ1v) is 26.6. The topological polar surface area (TPSA) is 180 Å². The Morgan fingerprint density at radius 1 is 0.887 bits per heavy atom. The van der Waals surface area contributed by atoms with Gasteiger partial charge in [0.25, 0.3) is 5.91 Å². The first-order chi connectivity index (χ1) is 34.0. The number of urea groups is 1. The van der Waals surface area contributed by atoms with Crippen LogP contribution >= 0.6 is 0 Å². The van der Waals surface area contributed by atoms with Crippen LogP contribution in [0.2, 0.25) is 0 Å². The number of aromatic nitrogens is 2. The molecule has 1 aromatic heterocycles. The molecule has 5 heterocycles. The Hall–Kier alpha value is -5.82. The van der Waals surface area contributed by atoms with E-state index in [-0.39, 0.29) is 54.0 Å². The van der Waals surface area contributed by atoms with Crippen LogP contribution in [0.1, 0.15) is 122 Å². The molecule has 4 aliphatic heterocycles. The van der Waals surface area contributed by atoms with Crippen molar-refractivity contribution >= 4 is 56.0 Å². The van der Waals surface area contributed by atoms with Crippen LogP contribution in [0.3, 0.4) is 0 Å². The molecule has 1 atom stereocenters. The molecule has 15 nitrogen and oxygen atoms in total. The van der Waals surface area contributed by atoms with Gasteiger partial charge in [-0.3, -0.25) is 24.6 Å². The highest BCUT2D eigenvalue weighted by atomic mass is 32.2. The average Bonchev–Trinajstić information content (AvgIpc) is 3.68. The van der Waals surface area contributed by atoms with Crippen LogP contribution in [0, 0.1) is 24.7 Å². The number of carbonyl (C=O) groups excluding carboxylic acids is 4. The standard InChI is InChI=1S/C52H62F3N7O8S/c1-31(38-5-4-6-46-39(38)19-26-71(46,67)68)56-48-41-28-40(45(69-3)29-43(41)57-32(2)58-48)35-7-9-36(10-8-35)49(64)60-20-13-33(14-21-60)18-25-70-30-34-15-22-61(23-16-34)50(65)37-11-12-42(52(53,54)55)44(27-37)62-24-17-47(63)59-51(62)66/h4-6,11-12,27-29,31,33-36H,7-10,13-26,30H2,1-3H3,(H,56,57,58)(H,59,63,66)/t31-,35-,36-/m1/s1. The lowest BCUT2D eigenvalue weighted by atomic mass is 9.77. The molecule has 5 aliphatic rings. The molecule has 1 aliphatic carbocycles. The largest absolute Gasteiger partial charge is 0.496 e. The van der Waals surface area contributed by atoms with Gasteiger partial charge in [-0.05, 0) is 143 Å². The summed E-state index contributed by atoms with van der Waals surface area (Å²) in [6, 6.07) is 11.5. The molecule has 5 amide bonds. The zero-order chi connectivity index (χ0) is 50.2. The molecule has 2 N–H and O–H groups in total. The van der Waals surface area contributed by atoms with E-state index in [1.807, 2.05) is 36.2 Å². The number of rotatable bonds is 13. The fourth-order valence-corrected chi connectivity index (χ4v) is 12.9. The molecule has 3 saturated heterocycles. The number of fused-ring (bicyclic) bond motifs is 2. The third-order valence-electron chi connectivity index (χ3n) is 15.4. The van der Waals surface area contributed by atoms with Crippen molar-refractivity contribution in [1.29, 1.82) is 0 Å². The minimum absolute atomic E-state index is 0.0250. The number of sulfone groups is 1. The maximum atomic E-state index is 13.9. The molecule has 9 rings (SSSR count). The average molecular weight is 1000 g/mol. The predicted octanol–water partition coefficient (Wildman–Crippen LogP) is 8.39. The number of imide groups is 1. The van der Waals surface area contributed by atoms with Crippen LogP contribution in [0.15, 0.2) is 53.4 Å². The number of ether oxygens (including phenoxy) is 2. The molecular formula is C52H62F3N7O8S. The summed E-state index contributed by atoms with van der Waals surface area (Å²) >= 11 is 0. The monoisotopic (exact) mass is 1000 g/mol. The van der Waals surface area contributed by atoms with Gasteiger partial charge in [0.05, 0.1) is 40.6 Å². The molecule has 71 heavy (non-hydrogen) atoms. The van der Waals surface area contributed by atoms with Crippen molar-refractivity contribution in [2.45, 2.75) is 108 Å². The second kappa shape index (κ2) is 20.7. The zero-order valence-electron chi connectivity index (χ0n) is 40.5. The second-order valence-electron chi connectivity index (χ2n) is 19.9. The maximum absolute atomic E-state index is 13.9. The minimum Gasteiger partial charge on any atom is -0.496 e. The van der Waals surface area contributed by atoms with Crippen molar-refractivity contribution in [2.75, 3.05) is 69.0 Å². The first kappa shape index (κ1) is 50.1. The fraction of sp³-hybridized carbons (Fsp3) is 0.538. The molecule has 0 unspecified atom stereocenters. The smallest absolute Gasteiger partial charge is 0.418 e. The van der Waals surface area contributed by atoms with Crippen LogP contribution < -0.4 is 20.3 Å². The summed E-state index contributed by atoms with van der Waals surface area (Å²) in [6.07, 6.45) is 2.99. The molecule has 0 bridgehead atoms. The van der Waals surface area contributed by atoms with E-state index in [9.17, 15) is 40.8 Å². The lowest BCUT2D eigenvalue weighted by Gasteiger charge is -2.36. The van der Waals surface area contributed by atoms with Gasteiger partial charge in [0, 0.05) is 75.3 Å². The number of methoxy groups -OCH3 is 1. The van der Waals surface area contributed by atoms with Gasteiger partial charge in [0.15, 0.2) is 9.84 Å². The highest BCUT2D eigenvalue weighted by Crippen LogP contribution is 2.44. The number of amides is 5. The van der Waals surface area contributed by atoms with Crippen molar-refractivity contribution in [2.24, 2.45) is 17.8 Å². The van der Waals surface area contributed by atoms with E-state index in [1.54, 1.807) is 24.1 Å². The lowest BCUT2D eigenvalue weighted by molar-refractivity contribution is -0.138. The number of anilines is 2. The number of piperidine rings is 2. The van der Waals surface area contributed by atoms with Gasteiger partial charge in [0.1, 0.15) is 17.4 Å². The SMILES string of the molecule is COc1cc2nc(C)nc(N[C@H](C)c3cccc4c3CCS4(=O)=O)c2cc1[C@H]1CC[C@H](C(=O)N2CCC(CCOCC3CCN(C(=O)c4ccc(C(F)(F)F)c(N5CCC(=O)NC5=O)c4)CC3)CC2)CC1. The van der Waals surface area contributed by atoms with Crippen molar-refractivity contribution in [3.8, 4) is 5.75 Å².